The maximum Gasteiger partial charge on any atom is 0.307 e. The molecule has 8 heteroatoms. The summed E-state index contributed by atoms with van der Waals surface area (Å²) in [6.45, 7) is 3.19. The van der Waals surface area contributed by atoms with Gasteiger partial charge in [0.05, 0.1) is 13.5 Å². The van der Waals surface area contributed by atoms with Crippen molar-refractivity contribution in [2.24, 2.45) is 5.84 Å². The summed E-state index contributed by atoms with van der Waals surface area (Å²) >= 11 is 0. The van der Waals surface area contributed by atoms with Crippen LogP contribution in [0.4, 0.5) is 11.6 Å². The molecule has 0 fully saturated rings. The van der Waals surface area contributed by atoms with Crippen LogP contribution in [0.25, 0.3) is 0 Å². The maximum atomic E-state index is 11.0. The van der Waals surface area contributed by atoms with Crippen LogP contribution >= 0.6 is 0 Å². The minimum absolute atomic E-state index is 0.257. The molecule has 0 spiro atoms. The number of hydrazine groups is 1. The molecule has 0 radical (unpaired) electrons. The molecule has 106 valence electrons. The van der Waals surface area contributed by atoms with Gasteiger partial charge < -0.3 is 20.2 Å². The van der Waals surface area contributed by atoms with Crippen molar-refractivity contribution in [1.29, 1.82) is 0 Å². The zero-order valence-electron chi connectivity index (χ0n) is 11.1. The van der Waals surface area contributed by atoms with Gasteiger partial charge in [-0.05, 0) is 6.92 Å². The Morgan fingerprint density at radius 2 is 2.16 bits per heavy atom. The smallest absolute Gasteiger partial charge is 0.307 e. The molecule has 1 aromatic rings. The first kappa shape index (κ1) is 15.1. The van der Waals surface area contributed by atoms with Crippen LogP contribution in [0.15, 0.2) is 6.07 Å². The van der Waals surface area contributed by atoms with Crippen LogP contribution in [0, 0.1) is 0 Å². The molecule has 0 bridgehead atoms. The second kappa shape index (κ2) is 8.22. The van der Waals surface area contributed by atoms with Crippen molar-refractivity contribution in [2.45, 2.75) is 20.0 Å². The maximum absolute atomic E-state index is 11.0. The van der Waals surface area contributed by atoms with Crippen molar-refractivity contribution >= 4 is 17.6 Å². The van der Waals surface area contributed by atoms with Crippen molar-refractivity contribution in [2.75, 3.05) is 31.0 Å². The number of nitrogens with two attached hydrogens (primary N) is 1. The highest BCUT2D eigenvalue weighted by molar-refractivity contribution is 5.69. The first-order valence-corrected chi connectivity index (χ1v) is 5.92. The van der Waals surface area contributed by atoms with E-state index in [4.69, 9.17) is 10.6 Å². The fourth-order valence-electron chi connectivity index (χ4n) is 1.31. The minimum atomic E-state index is -0.284. The van der Waals surface area contributed by atoms with Crippen LogP contribution in [0.5, 0.6) is 0 Å². The average Bonchev–Trinajstić information content (AvgIpc) is 2.44. The lowest BCUT2D eigenvalue weighted by atomic mass is 10.4. The summed E-state index contributed by atoms with van der Waals surface area (Å²) < 4.78 is 9.78. The van der Waals surface area contributed by atoms with E-state index in [9.17, 15) is 4.79 Å². The van der Waals surface area contributed by atoms with Crippen LogP contribution in [0.3, 0.4) is 0 Å². The molecule has 8 nitrogen and oxygen atoms in total. The fraction of sp³-hybridized carbons (Fsp3) is 0.545. The number of carbonyl (C=O) groups excluding carboxylic acids is 1. The molecular weight excluding hydrogens is 250 g/mol. The molecule has 0 aromatic carbocycles. The quantitative estimate of drug-likeness (QED) is 0.350. The minimum Gasteiger partial charge on any atom is -0.469 e. The third-order valence-corrected chi connectivity index (χ3v) is 2.22. The molecular formula is C11H19N5O3. The summed E-state index contributed by atoms with van der Waals surface area (Å²) in [6, 6.07) is 1.65. The standard InChI is InChI=1S/C11H19N5O3/c1-3-19-7-10-14-8(6-9(15-10)16-12)13-5-4-11(17)18-2/h6H,3-5,7,12H2,1-2H3,(H2,13,14,15,16). The van der Waals surface area contributed by atoms with E-state index in [1.165, 1.54) is 7.11 Å². The van der Waals surface area contributed by atoms with Gasteiger partial charge in [-0.2, -0.15) is 0 Å². The normalized spacial score (nSPS) is 10.1. The van der Waals surface area contributed by atoms with Gasteiger partial charge in [-0.1, -0.05) is 0 Å². The van der Waals surface area contributed by atoms with E-state index in [2.05, 4.69) is 25.4 Å². The lowest BCUT2D eigenvalue weighted by Crippen LogP contribution is -2.14. The number of nitrogen functional groups attached to an aromatic ring is 1. The lowest BCUT2D eigenvalue weighted by Gasteiger charge is -2.09. The van der Waals surface area contributed by atoms with Crippen LogP contribution < -0.4 is 16.6 Å². The second-order valence-corrected chi connectivity index (χ2v) is 3.59. The Morgan fingerprint density at radius 3 is 2.79 bits per heavy atom. The number of hydrogen-bond acceptors (Lipinski definition) is 8. The van der Waals surface area contributed by atoms with Crippen LogP contribution in [-0.4, -0.2) is 36.2 Å². The van der Waals surface area contributed by atoms with Gasteiger partial charge in [-0.3, -0.25) is 4.79 Å². The Morgan fingerprint density at radius 1 is 1.42 bits per heavy atom. The molecule has 1 heterocycles. The summed E-state index contributed by atoms with van der Waals surface area (Å²) in [5.74, 6) is 6.61. The first-order valence-electron chi connectivity index (χ1n) is 5.92. The largest absolute Gasteiger partial charge is 0.469 e. The molecule has 0 amide bonds. The summed E-state index contributed by atoms with van der Waals surface area (Å²) in [7, 11) is 1.35. The van der Waals surface area contributed by atoms with Crippen molar-refractivity contribution in [3.8, 4) is 0 Å². The van der Waals surface area contributed by atoms with Gasteiger partial charge in [0.25, 0.3) is 0 Å². The van der Waals surface area contributed by atoms with Gasteiger partial charge in [0, 0.05) is 19.2 Å². The molecule has 0 aliphatic heterocycles. The molecule has 19 heavy (non-hydrogen) atoms. The van der Waals surface area contributed by atoms with Gasteiger partial charge in [-0.25, -0.2) is 15.8 Å². The summed E-state index contributed by atoms with van der Waals surface area (Å²) in [6.07, 6.45) is 0.257. The number of nitrogens with zero attached hydrogens (tertiary/aromatic N) is 2. The topological polar surface area (TPSA) is 111 Å². The summed E-state index contributed by atoms with van der Waals surface area (Å²) in [4.78, 5) is 19.4. The van der Waals surface area contributed by atoms with Gasteiger partial charge in [0.15, 0.2) is 5.82 Å². The number of carbonyl (C=O) groups is 1. The Bertz CT molecular complexity index is 413. The zero-order chi connectivity index (χ0) is 14.1. The van der Waals surface area contributed by atoms with Gasteiger partial charge in [0.2, 0.25) is 0 Å². The number of methoxy groups -OCH3 is 1. The molecule has 4 N–H and O–H groups in total. The third kappa shape index (κ3) is 5.49. The average molecular weight is 269 g/mol. The predicted molar refractivity (Wildman–Crippen MR) is 70.3 cm³/mol. The molecule has 1 aromatic heterocycles. The van der Waals surface area contributed by atoms with E-state index < -0.39 is 0 Å². The molecule has 1 rings (SSSR count). The van der Waals surface area contributed by atoms with Crippen molar-refractivity contribution in [1.82, 2.24) is 9.97 Å². The van der Waals surface area contributed by atoms with E-state index in [-0.39, 0.29) is 12.4 Å². The number of hydrogen-bond donors (Lipinski definition) is 3. The monoisotopic (exact) mass is 269 g/mol. The van der Waals surface area contributed by atoms with E-state index in [1.807, 2.05) is 6.92 Å². The Hall–Kier alpha value is -1.93. The van der Waals surface area contributed by atoms with Gasteiger partial charge in [-0.15, -0.1) is 0 Å². The molecule has 0 saturated carbocycles. The van der Waals surface area contributed by atoms with Crippen LogP contribution in [-0.2, 0) is 20.9 Å². The molecule has 0 aliphatic rings. The van der Waals surface area contributed by atoms with Gasteiger partial charge in [0.1, 0.15) is 18.2 Å². The number of ether oxygens (including phenoxy) is 2. The first-order chi connectivity index (χ1) is 9.19. The van der Waals surface area contributed by atoms with Crippen molar-refractivity contribution in [3.63, 3.8) is 0 Å². The fourth-order valence-corrected chi connectivity index (χ4v) is 1.31. The van der Waals surface area contributed by atoms with E-state index >= 15 is 0 Å². The SMILES string of the molecule is CCOCc1nc(NN)cc(NCCC(=O)OC)n1. The predicted octanol–water partition coefficient (Wildman–Crippen LogP) is 0.274. The molecule has 0 aliphatic carbocycles. The summed E-state index contributed by atoms with van der Waals surface area (Å²) in [5.41, 5.74) is 2.46. The number of aromatic nitrogens is 2. The molecule has 0 unspecified atom stereocenters. The molecule has 0 atom stereocenters. The summed E-state index contributed by atoms with van der Waals surface area (Å²) in [5, 5.41) is 3.00. The van der Waals surface area contributed by atoms with Crippen molar-refractivity contribution in [3.05, 3.63) is 11.9 Å². The van der Waals surface area contributed by atoms with Crippen LogP contribution in [0.1, 0.15) is 19.2 Å². The number of rotatable bonds is 8. The Balaban J connectivity index is 2.62. The van der Waals surface area contributed by atoms with Crippen molar-refractivity contribution < 1.29 is 14.3 Å². The Labute approximate surface area is 111 Å². The highest BCUT2D eigenvalue weighted by Crippen LogP contribution is 2.11. The zero-order valence-corrected chi connectivity index (χ0v) is 11.1. The Kier molecular flexibility index (Phi) is 6.55. The van der Waals surface area contributed by atoms with E-state index in [0.29, 0.717) is 37.2 Å². The highest BCUT2D eigenvalue weighted by Gasteiger charge is 2.05. The van der Waals surface area contributed by atoms with Gasteiger partial charge >= 0.3 is 5.97 Å². The number of anilines is 2. The lowest BCUT2D eigenvalue weighted by molar-refractivity contribution is -0.140. The molecule has 0 saturated heterocycles. The number of nitrogens with one attached hydrogen (secondary N) is 2. The second-order valence-electron chi connectivity index (χ2n) is 3.59. The van der Waals surface area contributed by atoms with Crippen LogP contribution in [0.2, 0.25) is 0 Å². The highest BCUT2D eigenvalue weighted by atomic mass is 16.5. The third-order valence-electron chi connectivity index (χ3n) is 2.22. The van der Waals surface area contributed by atoms with E-state index in [1.54, 1.807) is 6.07 Å². The van der Waals surface area contributed by atoms with E-state index in [0.717, 1.165) is 0 Å². The number of esters is 1.